The van der Waals surface area contributed by atoms with Gasteiger partial charge in [-0.1, -0.05) is 0 Å². The highest BCUT2D eigenvalue weighted by Crippen LogP contribution is 2.33. The van der Waals surface area contributed by atoms with E-state index in [1.807, 2.05) is 10.7 Å². The second-order valence-electron chi connectivity index (χ2n) is 5.78. The lowest BCUT2D eigenvalue weighted by Gasteiger charge is -2.38. The first kappa shape index (κ1) is 14.0. The Labute approximate surface area is 122 Å². The lowest BCUT2D eigenvalue weighted by molar-refractivity contribution is -0.143. The number of fused-ring (bicyclic) bond motifs is 1. The van der Waals surface area contributed by atoms with Crippen LogP contribution in [0.15, 0.2) is 12.3 Å². The molecule has 3 rings (SSSR count). The molecule has 1 atom stereocenters. The van der Waals surface area contributed by atoms with Crippen LogP contribution in [0.3, 0.4) is 0 Å². The summed E-state index contributed by atoms with van der Waals surface area (Å²) in [6.45, 7) is 0.935. The number of alkyl halides is 1. The number of hydrogen-bond donors (Lipinski definition) is 1. The molecule has 2 heterocycles. The molecule has 1 aliphatic heterocycles. The Bertz CT molecular complexity index is 553. The van der Waals surface area contributed by atoms with Crippen molar-refractivity contribution in [1.82, 2.24) is 20.0 Å². The molecule has 0 radical (unpaired) electrons. The summed E-state index contributed by atoms with van der Waals surface area (Å²) >= 11 is 0. The van der Waals surface area contributed by atoms with Crippen LogP contribution in [0, 0.1) is 5.92 Å². The van der Waals surface area contributed by atoms with Crippen LogP contribution in [0.5, 0.6) is 0 Å². The van der Waals surface area contributed by atoms with Crippen molar-refractivity contribution in [3.05, 3.63) is 18.0 Å². The van der Waals surface area contributed by atoms with Gasteiger partial charge in [0.25, 0.3) is 0 Å². The van der Waals surface area contributed by atoms with Gasteiger partial charge >= 0.3 is 0 Å². The molecule has 114 valence electrons. The molecule has 1 aromatic rings. The van der Waals surface area contributed by atoms with Crippen molar-refractivity contribution in [3.8, 4) is 0 Å². The molecule has 0 spiro atoms. The van der Waals surface area contributed by atoms with Gasteiger partial charge in [-0.3, -0.25) is 14.3 Å². The Balaban J connectivity index is 1.74. The Morgan fingerprint density at radius 1 is 1.48 bits per heavy atom. The molecule has 1 saturated carbocycles. The molecule has 1 unspecified atom stereocenters. The Kier molecular flexibility index (Phi) is 3.65. The summed E-state index contributed by atoms with van der Waals surface area (Å²) in [5.41, 5.74) is 0.916. The monoisotopic (exact) mass is 294 g/mol. The number of carbonyl (C=O) groups excluding carboxylic acids is 2. The van der Waals surface area contributed by atoms with E-state index in [2.05, 4.69) is 10.4 Å². The molecular weight excluding hydrogens is 275 g/mol. The number of rotatable bonds is 3. The number of amides is 2. The van der Waals surface area contributed by atoms with Crippen molar-refractivity contribution in [1.29, 1.82) is 0 Å². The summed E-state index contributed by atoms with van der Waals surface area (Å²) in [6, 6.07) is 1.70. The van der Waals surface area contributed by atoms with Gasteiger partial charge in [0.1, 0.15) is 6.17 Å². The largest absolute Gasteiger partial charge is 0.359 e. The maximum Gasteiger partial charge on any atom is 0.226 e. The quantitative estimate of drug-likeness (QED) is 0.890. The Morgan fingerprint density at radius 3 is 2.90 bits per heavy atom. The van der Waals surface area contributed by atoms with Crippen molar-refractivity contribution in [2.45, 2.75) is 38.0 Å². The van der Waals surface area contributed by atoms with Crippen molar-refractivity contribution >= 4 is 11.8 Å². The van der Waals surface area contributed by atoms with E-state index in [4.69, 9.17) is 0 Å². The smallest absolute Gasteiger partial charge is 0.226 e. The fraction of sp³-hybridized carbons (Fsp3) is 0.643. The van der Waals surface area contributed by atoms with Crippen LogP contribution in [0.1, 0.15) is 31.0 Å². The highest BCUT2D eigenvalue weighted by molar-refractivity contribution is 5.80. The zero-order chi connectivity index (χ0) is 15.0. The second kappa shape index (κ2) is 5.46. The Morgan fingerprint density at radius 2 is 2.24 bits per heavy atom. The zero-order valence-electron chi connectivity index (χ0n) is 12.0. The molecule has 1 fully saturated rings. The van der Waals surface area contributed by atoms with E-state index in [9.17, 15) is 14.0 Å². The van der Waals surface area contributed by atoms with Gasteiger partial charge in [-0.05, 0) is 18.9 Å². The number of aromatic nitrogens is 2. The van der Waals surface area contributed by atoms with Gasteiger partial charge in [-0.2, -0.15) is 5.10 Å². The van der Waals surface area contributed by atoms with Gasteiger partial charge < -0.3 is 10.2 Å². The van der Waals surface area contributed by atoms with Crippen molar-refractivity contribution in [3.63, 3.8) is 0 Å². The third-order valence-electron chi connectivity index (χ3n) is 4.32. The molecule has 2 aliphatic rings. The fourth-order valence-electron chi connectivity index (χ4n) is 3.03. The molecular formula is C14H19FN4O2. The van der Waals surface area contributed by atoms with Crippen LogP contribution in [-0.4, -0.2) is 46.3 Å². The van der Waals surface area contributed by atoms with E-state index in [1.54, 1.807) is 18.1 Å². The third-order valence-corrected chi connectivity index (χ3v) is 4.32. The molecule has 21 heavy (non-hydrogen) atoms. The summed E-state index contributed by atoms with van der Waals surface area (Å²) in [6.07, 6.45) is 1.78. The molecule has 6 nitrogen and oxygen atoms in total. The van der Waals surface area contributed by atoms with E-state index < -0.39 is 6.17 Å². The average molecular weight is 294 g/mol. The minimum Gasteiger partial charge on any atom is -0.359 e. The topological polar surface area (TPSA) is 67.2 Å². The summed E-state index contributed by atoms with van der Waals surface area (Å²) in [4.78, 5) is 25.8. The second-order valence-corrected chi connectivity index (χ2v) is 5.78. The van der Waals surface area contributed by atoms with Crippen LogP contribution in [0.4, 0.5) is 4.39 Å². The number of nitrogens with zero attached hydrogens (tertiary/aromatic N) is 3. The predicted octanol–water partition coefficient (Wildman–Crippen LogP) is 0.651. The van der Waals surface area contributed by atoms with Gasteiger partial charge in [0, 0.05) is 25.7 Å². The standard InChI is InChI=1S/C14H19FN4O2/c1-16-13(20)6-12-8-18(7-11-2-3-17-19(11)12)14(21)9-4-10(15)5-9/h2-3,9-10,12H,4-8H2,1H3,(H,16,20). The maximum atomic E-state index is 12.9. The van der Waals surface area contributed by atoms with Gasteiger partial charge in [-0.25, -0.2) is 4.39 Å². The minimum absolute atomic E-state index is 0.00161. The average Bonchev–Trinajstić information content (AvgIpc) is 2.91. The van der Waals surface area contributed by atoms with Crippen molar-refractivity contribution < 1.29 is 14.0 Å². The van der Waals surface area contributed by atoms with Crippen LogP contribution in [0.25, 0.3) is 0 Å². The van der Waals surface area contributed by atoms with E-state index >= 15 is 0 Å². The van der Waals surface area contributed by atoms with E-state index in [0.29, 0.717) is 25.9 Å². The predicted molar refractivity (Wildman–Crippen MR) is 73.0 cm³/mol. The molecule has 0 bridgehead atoms. The van der Waals surface area contributed by atoms with Crippen molar-refractivity contribution in [2.24, 2.45) is 5.92 Å². The molecule has 2 amide bonds. The van der Waals surface area contributed by atoms with Crippen molar-refractivity contribution in [2.75, 3.05) is 13.6 Å². The van der Waals surface area contributed by atoms with Crippen LogP contribution in [-0.2, 0) is 16.1 Å². The van der Waals surface area contributed by atoms with Gasteiger partial charge in [0.05, 0.1) is 24.7 Å². The highest BCUT2D eigenvalue weighted by atomic mass is 19.1. The highest BCUT2D eigenvalue weighted by Gasteiger charge is 2.39. The summed E-state index contributed by atoms with van der Waals surface area (Å²) in [5, 5.41) is 6.85. The molecule has 0 aromatic carbocycles. The molecule has 7 heteroatoms. The van der Waals surface area contributed by atoms with Crippen LogP contribution in [0.2, 0.25) is 0 Å². The van der Waals surface area contributed by atoms with Gasteiger partial charge in [0.2, 0.25) is 11.8 Å². The Hall–Kier alpha value is -1.92. The normalized spacial score (nSPS) is 27.7. The van der Waals surface area contributed by atoms with Gasteiger partial charge in [0.15, 0.2) is 0 Å². The van der Waals surface area contributed by atoms with Gasteiger partial charge in [-0.15, -0.1) is 0 Å². The number of carbonyl (C=O) groups is 2. The summed E-state index contributed by atoms with van der Waals surface area (Å²) in [7, 11) is 1.59. The van der Waals surface area contributed by atoms with Crippen LogP contribution >= 0.6 is 0 Å². The minimum atomic E-state index is -0.837. The summed E-state index contributed by atoms with van der Waals surface area (Å²) in [5.74, 6) is -0.281. The first-order valence-corrected chi connectivity index (χ1v) is 7.24. The molecule has 1 N–H and O–H groups in total. The summed E-state index contributed by atoms with van der Waals surface area (Å²) < 4.78 is 14.8. The number of halogens is 1. The molecule has 1 aromatic heterocycles. The first-order valence-electron chi connectivity index (χ1n) is 7.24. The van der Waals surface area contributed by atoms with E-state index in [0.717, 1.165) is 5.69 Å². The van der Waals surface area contributed by atoms with E-state index in [-0.39, 0.29) is 30.2 Å². The lowest BCUT2D eigenvalue weighted by atomic mass is 9.82. The van der Waals surface area contributed by atoms with Crippen LogP contribution < -0.4 is 5.32 Å². The SMILES string of the molecule is CNC(=O)CC1CN(C(=O)C2CC(F)C2)Cc2ccnn21. The third kappa shape index (κ3) is 2.64. The zero-order valence-corrected chi connectivity index (χ0v) is 12.0. The van der Waals surface area contributed by atoms with E-state index in [1.165, 1.54) is 0 Å². The first-order chi connectivity index (χ1) is 10.1. The number of nitrogens with one attached hydrogen (secondary N) is 1. The lowest BCUT2D eigenvalue weighted by Crippen LogP contribution is -2.47. The fourth-order valence-corrected chi connectivity index (χ4v) is 3.03. The number of hydrogen-bond acceptors (Lipinski definition) is 3. The molecule has 0 saturated heterocycles. The maximum absolute atomic E-state index is 12.9. The molecule has 1 aliphatic carbocycles.